The molecule has 2 rings (SSSR count). The highest BCUT2D eigenvalue weighted by atomic mass is 35.5. The molecule has 0 unspecified atom stereocenters. The van der Waals surface area contributed by atoms with Gasteiger partial charge in [-0.1, -0.05) is 37.3 Å². The summed E-state index contributed by atoms with van der Waals surface area (Å²) in [6.45, 7) is 1.89. The van der Waals surface area contributed by atoms with E-state index in [4.69, 9.17) is 11.6 Å². The molecule has 0 N–H and O–H groups in total. The number of aromatic nitrogens is 2. The van der Waals surface area contributed by atoms with Gasteiger partial charge in [-0.3, -0.25) is 0 Å². The van der Waals surface area contributed by atoms with Crippen molar-refractivity contribution < 1.29 is 0 Å². The Morgan fingerprint density at radius 3 is 2.41 bits per heavy atom. The van der Waals surface area contributed by atoms with E-state index in [9.17, 15) is 0 Å². The van der Waals surface area contributed by atoms with E-state index in [0.717, 1.165) is 11.6 Å². The molecule has 3 nitrogen and oxygen atoms in total. The maximum Gasteiger partial charge on any atom is 0.134 e. The lowest BCUT2D eigenvalue weighted by atomic mass is 10.1. The largest absolute Gasteiger partial charge is 0.357 e. The van der Waals surface area contributed by atoms with E-state index < -0.39 is 0 Å². The van der Waals surface area contributed by atoms with Crippen LogP contribution in [-0.2, 0) is 0 Å². The summed E-state index contributed by atoms with van der Waals surface area (Å²) in [4.78, 5) is 10.8. The monoisotopic (exact) mass is 253 g/mol. The van der Waals surface area contributed by atoms with Crippen LogP contribution in [0.1, 0.15) is 44.3 Å². The molecule has 1 aromatic rings. The molecule has 1 aromatic heterocycles. The third-order valence-electron chi connectivity index (χ3n) is 3.53. The second-order valence-electron chi connectivity index (χ2n) is 4.85. The topological polar surface area (TPSA) is 29.0 Å². The van der Waals surface area contributed by atoms with Gasteiger partial charge in [0.25, 0.3) is 0 Å². The lowest BCUT2D eigenvalue weighted by molar-refractivity contribution is 0.548. The standard InChI is InChI=1S/C13H20ClN3/c1-10-15-12(14)9-13(16-10)17(2)11-7-5-3-4-6-8-11/h9,11H,3-8H2,1-2H3. The van der Waals surface area contributed by atoms with E-state index >= 15 is 0 Å². The van der Waals surface area contributed by atoms with Gasteiger partial charge >= 0.3 is 0 Å². The maximum absolute atomic E-state index is 5.99. The predicted molar refractivity (Wildman–Crippen MR) is 71.7 cm³/mol. The van der Waals surface area contributed by atoms with Gasteiger partial charge in [0, 0.05) is 19.2 Å². The number of rotatable bonds is 2. The number of hydrogen-bond donors (Lipinski definition) is 0. The van der Waals surface area contributed by atoms with Crippen LogP contribution in [0.4, 0.5) is 5.82 Å². The van der Waals surface area contributed by atoms with Crippen molar-refractivity contribution in [2.75, 3.05) is 11.9 Å². The second-order valence-corrected chi connectivity index (χ2v) is 5.24. The van der Waals surface area contributed by atoms with Crippen LogP contribution < -0.4 is 4.90 Å². The lowest BCUT2D eigenvalue weighted by Crippen LogP contribution is -2.32. The van der Waals surface area contributed by atoms with Crippen molar-refractivity contribution in [2.24, 2.45) is 0 Å². The Morgan fingerprint density at radius 2 is 1.82 bits per heavy atom. The Hall–Kier alpha value is -0.830. The first kappa shape index (κ1) is 12.6. The zero-order valence-electron chi connectivity index (χ0n) is 10.6. The first-order chi connectivity index (χ1) is 8.16. The Labute approximate surface area is 108 Å². The fourth-order valence-corrected chi connectivity index (χ4v) is 2.75. The van der Waals surface area contributed by atoms with E-state index in [1.54, 1.807) is 0 Å². The molecule has 4 heteroatoms. The summed E-state index contributed by atoms with van der Waals surface area (Å²) in [5, 5.41) is 0.535. The summed E-state index contributed by atoms with van der Waals surface area (Å²) in [6, 6.07) is 2.46. The van der Waals surface area contributed by atoms with E-state index in [0.29, 0.717) is 11.2 Å². The minimum absolute atomic E-state index is 0.535. The van der Waals surface area contributed by atoms with Gasteiger partial charge in [0.05, 0.1) is 0 Å². The van der Waals surface area contributed by atoms with Gasteiger partial charge in [-0.2, -0.15) is 0 Å². The first-order valence-electron chi connectivity index (χ1n) is 6.41. The van der Waals surface area contributed by atoms with Crippen molar-refractivity contribution in [2.45, 2.75) is 51.5 Å². The average molecular weight is 254 g/mol. The van der Waals surface area contributed by atoms with Crippen molar-refractivity contribution in [3.63, 3.8) is 0 Å². The van der Waals surface area contributed by atoms with Crippen molar-refractivity contribution in [1.29, 1.82) is 0 Å². The third kappa shape index (κ3) is 3.32. The predicted octanol–water partition coefficient (Wildman–Crippen LogP) is 3.60. The van der Waals surface area contributed by atoms with E-state index in [1.807, 2.05) is 13.0 Å². The van der Waals surface area contributed by atoms with Crippen molar-refractivity contribution >= 4 is 17.4 Å². The number of halogens is 1. The van der Waals surface area contributed by atoms with Crippen LogP contribution in [0.5, 0.6) is 0 Å². The van der Waals surface area contributed by atoms with Crippen LogP contribution >= 0.6 is 11.6 Å². The van der Waals surface area contributed by atoms with Gasteiger partial charge in [0.1, 0.15) is 16.8 Å². The second kappa shape index (κ2) is 5.67. The number of anilines is 1. The van der Waals surface area contributed by atoms with Crippen LogP contribution in [0.2, 0.25) is 5.15 Å². The van der Waals surface area contributed by atoms with Gasteiger partial charge in [0.2, 0.25) is 0 Å². The molecule has 0 bridgehead atoms. The summed E-state index contributed by atoms with van der Waals surface area (Å²) in [5.74, 6) is 1.70. The van der Waals surface area contributed by atoms with Crippen molar-refractivity contribution in [3.8, 4) is 0 Å². The quantitative estimate of drug-likeness (QED) is 0.596. The normalized spacial score (nSPS) is 17.8. The minimum Gasteiger partial charge on any atom is -0.357 e. The molecule has 0 spiro atoms. The molecule has 0 aliphatic heterocycles. The van der Waals surface area contributed by atoms with Crippen LogP contribution in [0, 0.1) is 6.92 Å². The van der Waals surface area contributed by atoms with Gasteiger partial charge in [0.15, 0.2) is 0 Å². The molecule has 0 atom stereocenters. The smallest absolute Gasteiger partial charge is 0.134 e. The Balaban J connectivity index is 2.14. The highest BCUT2D eigenvalue weighted by Gasteiger charge is 2.18. The molecular formula is C13H20ClN3. The average Bonchev–Trinajstić information content (AvgIpc) is 2.55. The fraction of sp³-hybridized carbons (Fsp3) is 0.692. The number of hydrogen-bond acceptors (Lipinski definition) is 3. The Morgan fingerprint density at radius 1 is 1.18 bits per heavy atom. The maximum atomic E-state index is 5.99. The molecule has 1 aliphatic rings. The highest BCUT2D eigenvalue weighted by molar-refractivity contribution is 6.29. The molecule has 0 aromatic carbocycles. The Bertz CT molecular complexity index is 353. The van der Waals surface area contributed by atoms with Gasteiger partial charge in [-0.25, -0.2) is 9.97 Å². The summed E-state index contributed by atoms with van der Waals surface area (Å²) >= 11 is 5.99. The number of aryl methyl sites for hydroxylation is 1. The zero-order chi connectivity index (χ0) is 12.3. The first-order valence-corrected chi connectivity index (χ1v) is 6.78. The Kier molecular flexibility index (Phi) is 4.21. The van der Waals surface area contributed by atoms with E-state index in [2.05, 4.69) is 21.9 Å². The molecular weight excluding hydrogens is 234 g/mol. The van der Waals surface area contributed by atoms with E-state index in [1.165, 1.54) is 38.5 Å². The summed E-state index contributed by atoms with van der Waals surface area (Å²) in [7, 11) is 2.12. The molecule has 1 saturated carbocycles. The van der Waals surface area contributed by atoms with Crippen molar-refractivity contribution in [1.82, 2.24) is 9.97 Å². The lowest BCUT2D eigenvalue weighted by Gasteiger charge is -2.28. The molecule has 0 amide bonds. The van der Waals surface area contributed by atoms with Crippen LogP contribution in [0.3, 0.4) is 0 Å². The zero-order valence-corrected chi connectivity index (χ0v) is 11.4. The molecule has 1 aliphatic carbocycles. The number of nitrogens with zero attached hydrogens (tertiary/aromatic N) is 3. The van der Waals surface area contributed by atoms with Crippen LogP contribution in [0.25, 0.3) is 0 Å². The minimum atomic E-state index is 0.535. The third-order valence-corrected chi connectivity index (χ3v) is 3.72. The van der Waals surface area contributed by atoms with Crippen LogP contribution in [0.15, 0.2) is 6.07 Å². The van der Waals surface area contributed by atoms with E-state index in [-0.39, 0.29) is 0 Å². The van der Waals surface area contributed by atoms with Gasteiger partial charge < -0.3 is 4.90 Å². The summed E-state index contributed by atoms with van der Waals surface area (Å²) in [5.41, 5.74) is 0. The molecule has 17 heavy (non-hydrogen) atoms. The SMILES string of the molecule is Cc1nc(Cl)cc(N(C)C2CCCCCC2)n1. The molecule has 1 heterocycles. The molecule has 0 saturated heterocycles. The van der Waals surface area contributed by atoms with Gasteiger partial charge in [-0.05, 0) is 19.8 Å². The van der Waals surface area contributed by atoms with Crippen LogP contribution in [-0.4, -0.2) is 23.1 Å². The van der Waals surface area contributed by atoms with Gasteiger partial charge in [-0.15, -0.1) is 0 Å². The summed E-state index contributed by atoms with van der Waals surface area (Å²) < 4.78 is 0. The highest BCUT2D eigenvalue weighted by Crippen LogP contribution is 2.25. The molecule has 1 fully saturated rings. The fourth-order valence-electron chi connectivity index (χ4n) is 2.53. The molecule has 94 valence electrons. The molecule has 0 radical (unpaired) electrons. The van der Waals surface area contributed by atoms with Crippen molar-refractivity contribution in [3.05, 3.63) is 17.0 Å². The summed E-state index contributed by atoms with van der Waals surface area (Å²) in [6.07, 6.45) is 7.91.